The monoisotopic (exact) mass is 263 g/mol. The predicted octanol–water partition coefficient (Wildman–Crippen LogP) is 6.12. The zero-order chi connectivity index (χ0) is 14.4. The lowest BCUT2D eigenvalue weighted by atomic mass is 9.58. The summed E-state index contributed by atoms with van der Waals surface area (Å²) >= 11 is 0. The van der Waals surface area contributed by atoms with E-state index in [0.717, 1.165) is 23.7 Å². The fourth-order valence-corrected chi connectivity index (χ4v) is 5.34. The Labute approximate surface area is 121 Å². The lowest BCUT2D eigenvalue weighted by Crippen LogP contribution is -2.39. The Hall–Kier alpha value is 0. The molecular formula is C19H35. The molecule has 0 N–H and O–H groups in total. The molecule has 4 atom stereocenters. The fourth-order valence-electron chi connectivity index (χ4n) is 5.34. The van der Waals surface area contributed by atoms with E-state index in [1.165, 1.54) is 32.1 Å². The Morgan fingerprint density at radius 3 is 1.79 bits per heavy atom. The van der Waals surface area contributed by atoms with Crippen LogP contribution in [0.3, 0.4) is 0 Å². The van der Waals surface area contributed by atoms with Crippen molar-refractivity contribution in [2.75, 3.05) is 0 Å². The number of rotatable bonds is 1. The molecule has 0 aromatic rings. The molecule has 0 heteroatoms. The Balaban J connectivity index is 2.35. The van der Waals surface area contributed by atoms with Gasteiger partial charge in [-0.05, 0) is 53.3 Å². The molecule has 2 saturated carbocycles. The summed E-state index contributed by atoms with van der Waals surface area (Å²) in [5.74, 6) is 5.41. The van der Waals surface area contributed by atoms with Gasteiger partial charge in [-0.1, -0.05) is 67.7 Å². The topological polar surface area (TPSA) is 0 Å². The Bertz CT molecular complexity index is 296. The van der Waals surface area contributed by atoms with Crippen LogP contribution in [0.2, 0.25) is 0 Å². The van der Waals surface area contributed by atoms with Crippen LogP contribution in [-0.2, 0) is 0 Å². The van der Waals surface area contributed by atoms with Crippen LogP contribution >= 0.6 is 0 Å². The highest BCUT2D eigenvalue weighted by atomic mass is 14.6. The van der Waals surface area contributed by atoms with Crippen molar-refractivity contribution in [2.24, 2.45) is 34.5 Å². The maximum atomic E-state index is 2.54. The van der Waals surface area contributed by atoms with Gasteiger partial charge in [0, 0.05) is 0 Å². The van der Waals surface area contributed by atoms with Crippen molar-refractivity contribution in [1.29, 1.82) is 0 Å². The molecule has 0 amide bonds. The highest BCUT2D eigenvalue weighted by Crippen LogP contribution is 2.62. The van der Waals surface area contributed by atoms with Gasteiger partial charge in [0.1, 0.15) is 0 Å². The summed E-state index contributed by atoms with van der Waals surface area (Å²) in [6.07, 6.45) is 7.10. The average molecular weight is 263 g/mol. The van der Waals surface area contributed by atoms with Crippen LogP contribution in [0.5, 0.6) is 0 Å². The van der Waals surface area contributed by atoms with Crippen molar-refractivity contribution >= 4 is 0 Å². The minimum atomic E-state index is 0.459. The standard InChI is InChI=1S/C19H35/c1-13-9-8-10-14(2)16(15(13)3)17-18(4,5)11-12-19(17,6)7/h13-16H,8-12H2,1-7H3. The van der Waals surface area contributed by atoms with Crippen molar-refractivity contribution in [1.82, 2.24) is 0 Å². The second kappa shape index (κ2) is 5.08. The highest BCUT2D eigenvalue weighted by molar-refractivity contribution is 5.22. The van der Waals surface area contributed by atoms with Gasteiger partial charge < -0.3 is 0 Å². The molecule has 0 spiro atoms. The maximum absolute atomic E-state index is 2.54. The molecule has 19 heavy (non-hydrogen) atoms. The first-order valence-electron chi connectivity index (χ1n) is 8.54. The molecule has 2 fully saturated rings. The summed E-state index contributed by atoms with van der Waals surface area (Å²) in [6, 6.07) is 0. The summed E-state index contributed by atoms with van der Waals surface area (Å²) in [4.78, 5) is 0. The molecule has 0 saturated heterocycles. The number of hydrogen-bond acceptors (Lipinski definition) is 0. The van der Waals surface area contributed by atoms with Crippen molar-refractivity contribution in [3.05, 3.63) is 5.92 Å². The highest BCUT2D eigenvalue weighted by Gasteiger charge is 2.53. The molecule has 0 aliphatic heterocycles. The Kier molecular flexibility index (Phi) is 4.11. The predicted molar refractivity (Wildman–Crippen MR) is 84.9 cm³/mol. The molecule has 2 aliphatic rings. The lowest BCUT2D eigenvalue weighted by molar-refractivity contribution is 0.145. The molecular weight excluding hydrogens is 228 g/mol. The summed E-state index contributed by atoms with van der Waals surface area (Å²) in [5, 5.41) is 0. The van der Waals surface area contributed by atoms with Gasteiger partial charge in [0.05, 0.1) is 0 Å². The molecule has 2 aliphatic carbocycles. The van der Waals surface area contributed by atoms with Gasteiger partial charge in [0.15, 0.2) is 0 Å². The Morgan fingerprint density at radius 2 is 1.26 bits per heavy atom. The van der Waals surface area contributed by atoms with Crippen molar-refractivity contribution in [3.63, 3.8) is 0 Å². The quantitative estimate of drug-likeness (QED) is 0.500. The minimum Gasteiger partial charge on any atom is -0.0622 e. The zero-order valence-electron chi connectivity index (χ0n) is 14.3. The first-order valence-corrected chi connectivity index (χ1v) is 8.54. The first kappa shape index (κ1) is 15.4. The smallest absolute Gasteiger partial charge is 0.00921 e. The third kappa shape index (κ3) is 2.74. The number of hydrogen-bond donors (Lipinski definition) is 0. The van der Waals surface area contributed by atoms with Crippen molar-refractivity contribution < 1.29 is 0 Å². The van der Waals surface area contributed by atoms with Crippen molar-refractivity contribution in [2.45, 2.75) is 80.6 Å². The summed E-state index contributed by atoms with van der Waals surface area (Å²) < 4.78 is 0. The van der Waals surface area contributed by atoms with Crippen molar-refractivity contribution in [3.8, 4) is 0 Å². The third-order valence-corrected chi connectivity index (χ3v) is 6.56. The van der Waals surface area contributed by atoms with E-state index in [4.69, 9.17) is 0 Å². The molecule has 111 valence electrons. The van der Waals surface area contributed by atoms with E-state index in [2.05, 4.69) is 48.5 Å². The Morgan fingerprint density at radius 1 is 0.789 bits per heavy atom. The van der Waals surface area contributed by atoms with E-state index in [1.807, 2.05) is 5.92 Å². The molecule has 0 nitrogen and oxygen atoms in total. The lowest BCUT2D eigenvalue weighted by Gasteiger charge is -2.46. The first-order chi connectivity index (χ1) is 8.67. The van der Waals surface area contributed by atoms with Gasteiger partial charge in [-0.2, -0.15) is 0 Å². The van der Waals surface area contributed by atoms with Crippen LogP contribution in [0.15, 0.2) is 0 Å². The maximum Gasteiger partial charge on any atom is -0.00921 e. The van der Waals surface area contributed by atoms with Gasteiger partial charge in [0.2, 0.25) is 0 Å². The van der Waals surface area contributed by atoms with E-state index in [1.54, 1.807) is 0 Å². The van der Waals surface area contributed by atoms with Crippen LogP contribution in [0.25, 0.3) is 0 Å². The summed E-state index contributed by atoms with van der Waals surface area (Å²) in [5.41, 5.74) is 0.918. The van der Waals surface area contributed by atoms with E-state index in [9.17, 15) is 0 Å². The van der Waals surface area contributed by atoms with Gasteiger partial charge >= 0.3 is 0 Å². The summed E-state index contributed by atoms with van der Waals surface area (Å²) in [7, 11) is 0. The molecule has 0 aromatic heterocycles. The average Bonchev–Trinajstić information content (AvgIpc) is 2.43. The third-order valence-electron chi connectivity index (χ3n) is 6.56. The summed E-state index contributed by atoms with van der Waals surface area (Å²) in [6.45, 7) is 17.6. The van der Waals surface area contributed by atoms with E-state index in [0.29, 0.717) is 10.8 Å². The van der Waals surface area contributed by atoms with Crippen LogP contribution < -0.4 is 0 Å². The zero-order valence-corrected chi connectivity index (χ0v) is 14.3. The molecule has 0 bridgehead atoms. The molecule has 4 unspecified atom stereocenters. The fraction of sp³-hybridized carbons (Fsp3) is 0.947. The second-order valence-corrected chi connectivity index (χ2v) is 8.95. The molecule has 1 radical (unpaired) electrons. The van der Waals surface area contributed by atoms with E-state index < -0.39 is 0 Å². The van der Waals surface area contributed by atoms with Crippen LogP contribution in [0, 0.1) is 40.4 Å². The van der Waals surface area contributed by atoms with Gasteiger partial charge in [-0.25, -0.2) is 0 Å². The molecule has 2 rings (SSSR count). The molecule has 0 aromatic carbocycles. The van der Waals surface area contributed by atoms with Gasteiger partial charge in [-0.15, -0.1) is 0 Å². The molecule has 0 heterocycles. The minimum absolute atomic E-state index is 0.459. The van der Waals surface area contributed by atoms with Gasteiger partial charge in [0.25, 0.3) is 0 Å². The van der Waals surface area contributed by atoms with Crippen LogP contribution in [0.4, 0.5) is 0 Å². The van der Waals surface area contributed by atoms with E-state index >= 15 is 0 Å². The normalized spacial score (nSPS) is 43.1. The SMILES string of the molecule is CC1CCCC(C)C([C]2C(C)(C)CCC2(C)C)C1C. The van der Waals surface area contributed by atoms with Crippen LogP contribution in [0.1, 0.15) is 80.6 Å². The second-order valence-electron chi connectivity index (χ2n) is 8.95. The van der Waals surface area contributed by atoms with Gasteiger partial charge in [-0.3, -0.25) is 0 Å². The van der Waals surface area contributed by atoms with Crippen LogP contribution in [-0.4, -0.2) is 0 Å². The largest absolute Gasteiger partial charge is 0.0622 e. The van der Waals surface area contributed by atoms with E-state index in [-0.39, 0.29) is 0 Å².